The van der Waals surface area contributed by atoms with Crippen molar-refractivity contribution in [2.45, 2.75) is 39.5 Å². The van der Waals surface area contributed by atoms with Crippen LogP contribution in [-0.2, 0) is 0 Å². The molecule has 0 nitrogen and oxygen atoms in total. The first kappa shape index (κ1) is 24.6. The van der Waals surface area contributed by atoms with Crippen LogP contribution in [0.2, 0.25) is 0 Å². The molecule has 0 N–H and O–H groups in total. The Balaban J connectivity index is 1.49. The van der Waals surface area contributed by atoms with Crippen LogP contribution in [0.3, 0.4) is 0 Å². The van der Waals surface area contributed by atoms with Gasteiger partial charge >= 0.3 is 0 Å². The zero-order valence-electron chi connectivity index (χ0n) is 21.9. The van der Waals surface area contributed by atoms with Gasteiger partial charge in [-0.25, -0.2) is 0 Å². The smallest absolute Gasteiger partial charge is 0.0250 e. The van der Waals surface area contributed by atoms with Crippen LogP contribution >= 0.6 is 23.9 Å². The third kappa shape index (κ3) is 4.08. The molecule has 6 rings (SSSR count). The highest BCUT2D eigenvalue weighted by Gasteiger charge is 2.45. The molecule has 0 saturated heterocycles. The SMILES string of the molecule is CC1=Cc2c(Br)cccc2C1C(C)(C)C1C(C)=Cc2c1cccc2P(c1ccccc1)c1ccccc1. The van der Waals surface area contributed by atoms with E-state index >= 15 is 0 Å². The molecule has 2 atom stereocenters. The molecule has 4 aromatic carbocycles. The fourth-order valence-corrected chi connectivity index (χ4v) is 9.93. The summed E-state index contributed by atoms with van der Waals surface area (Å²) in [6, 6.07) is 35.9. The highest BCUT2D eigenvalue weighted by atomic mass is 79.9. The summed E-state index contributed by atoms with van der Waals surface area (Å²) in [6.45, 7) is 9.62. The minimum absolute atomic E-state index is 0.0271. The first-order valence-corrected chi connectivity index (χ1v) is 15.2. The lowest BCUT2D eigenvalue weighted by molar-refractivity contribution is 0.275. The fraction of sp³-hybridized carbons (Fsp3) is 0.200. The van der Waals surface area contributed by atoms with Crippen LogP contribution in [0, 0.1) is 5.41 Å². The number of hydrogen-bond acceptors (Lipinski definition) is 0. The maximum Gasteiger partial charge on any atom is 0.0250 e. The van der Waals surface area contributed by atoms with Gasteiger partial charge in [0.25, 0.3) is 0 Å². The number of benzene rings is 4. The summed E-state index contributed by atoms with van der Waals surface area (Å²) >= 11 is 3.81. The van der Waals surface area contributed by atoms with Crippen molar-refractivity contribution in [3.05, 3.63) is 135 Å². The predicted octanol–water partition coefficient (Wildman–Crippen LogP) is 8.93. The van der Waals surface area contributed by atoms with Gasteiger partial charge in [-0.1, -0.05) is 144 Å². The Labute approximate surface area is 231 Å². The molecule has 0 saturated carbocycles. The molecule has 2 aliphatic carbocycles. The van der Waals surface area contributed by atoms with E-state index in [-0.39, 0.29) is 5.41 Å². The summed E-state index contributed by atoms with van der Waals surface area (Å²) in [4.78, 5) is 0. The standard InChI is InChI=1S/C35H32BrP/c1-23-21-29-27(17-11-19-31(29)36)33(23)35(3,4)34-24(2)22-30-28(34)18-12-20-32(30)37(25-13-7-5-8-14-25)26-15-9-6-10-16-26/h5-22,33-34H,1-4H3. The second-order valence-electron chi connectivity index (χ2n) is 11.0. The van der Waals surface area contributed by atoms with Crippen molar-refractivity contribution in [2.24, 2.45) is 5.41 Å². The molecule has 0 aromatic heterocycles. The van der Waals surface area contributed by atoms with Crippen molar-refractivity contribution in [3.63, 3.8) is 0 Å². The Morgan fingerprint density at radius 3 is 1.65 bits per heavy atom. The van der Waals surface area contributed by atoms with Gasteiger partial charge in [-0.3, -0.25) is 0 Å². The Morgan fingerprint density at radius 1 is 0.595 bits per heavy atom. The molecule has 2 aliphatic rings. The molecule has 37 heavy (non-hydrogen) atoms. The fourth-order valence-electron chi connectivity index (χ4n) is 6.97. The normalized spacial score (nSPS) is 18.4. The van der Waals surface area contributed by atoms with Crippen LogP contribution in [-0.4, -0.2) is 0 Å². The average molecular weight is 564 g/mol. The minimum Gasteiger partial charge on any atom is -0.0646 e. The first-order valence-electron chi connectivity index (χ1n) is 13.1. The average Bonchev–Trinajstić information content (AvgIpc) is 3.43. The van der Waals surface area contributed by atoms with E-state index < -0.39 is 7.92 Å². The molecule has 0 fully saturated rings. The monoisotopic (exact) mass is 562 g/mol. The second-order valence-corrected chi connectivity index (χ2v) is 14.0. The maximum atomic E-state index is 3.81. The quantitative estimate of drug-likeness (QED) is 0.213. The van der Waals surface area contributed by atoms with Crippen molar-refractivity contribution in [3.8, 4) is 0 Å². The minimum atomic E-state index is -0.651. The van der Waals surface area contributed by atoms with Crippen LogP contribution in [0.4, 0.5) is 0 Å². The van der Waals surface area contributed by atoms with E-state index in [2.05, 4.69) is 153 Å². The second kappa shape index (κ2) is 9.54. The number of halogens is 1. The maximum absolute atomic E-state index is 3.81. The third-order valence-corrected chi connectivity index (χ3v) is 11.4. The van der Waals surface area contributed by atoms with Crippen LogP contribution in [0.25, 0.3) is 12.2 Å². The molecule has 2 unspecified atom stereocenters. The summed E-state index contributed by atoms with van der Waals surface area (Å²) in [5.41, 5.74) is 8.68. The van der Waals surface area contributed by atoms with Gasteiger partial charge < -0.3 is 0 Å². The number of allylic oxidation sites excluding steroid dienone is 2. The van der Waals surface area contributed by atoms with E-state index in [0.29, 0.717) is 11.8 Å². The van der Waals surface area contributed by atoms with E-state index in [4.69, 9.17) is 0 Å². The molecular weight excluding hydrogens is 531 g/mol. The Kier molecular flexibility index (Phi) is 6.34. The molecule has 0 spiro atoms. The molecule has 2 heteroatoms. The van der Waals surface area contributed by atoms with Gasteiger partial charge in [0.05, 0.1) is 0 Å². The van der Waals surface area contributed by atoms with Gasteiger partial charge in [-0.05, 0) is 71.4 Å². The summed E-state index contributed by atoms with van der Waals surface area (Å²) in [5.74, 6) is 0.747. The number of rotatable bonds is 5. The molecule has 4 aromatic rings. The lowest BCUT2D eigenvalue weighted by atomic mass is 9.63. The van der Waals surface area contributed by atoms with Crippen LogP contribution in [0.15, 0.2) is 113 Å². The van der Waals surface area contributed by atoms with Crippen molar-refractivity contribution in [1.82, 2.24) is 0 Å². The lowest BCUT2D eigenvalue weighted by Crippen LogP contribution is -2.30. The van der Waals surface area contributed by atoms with Gasteiger partial charge in [-0.15, -0.1) is 0 Å². The lowest BCUT2D eigenvalue weighted by Gasteiger charge is -2.41. The predicted molar refractivity (Wildman–Crippen MR) is 166 cm³/mol. The molecule has 0 heterocycles. The number of fused-ring (bicyclic) bond motifs is 2. The van der Waals surface area contributed by atoms with Gasteiger partial charge in [0, 0.05) is 16.3 Å². The molecule has 184 valence electrons. The van der Waals surface area contributed by atoms with E-state index in [1.807, 2.05) is 0 Å². The number of hydrogen-bond donors (Lipinski definition) is 0. The van der Waals surface area contributed by atoms with E-state index in [1.165, 1.54) is 53.8 Å². The van der Waals surface area contributed by atoms with Crippen LogP contribution in [0.1, 0.15) is 61.8 Å². The van der Waals surface area contributed by atoms with Gasteiger partial charge in [0.15, 0.2) is 0 Å². The Morgan fingerprint density at radius 2 is 1.08 bits per heavy atom. The first-order chi connectivity index (χ1) is 17.9. The molecule has 0 aliphatic heterocycles. The zero-order chi connectivity index (χ0) is 25.7. The third-order valence-electron chi connectivity index (χ3n) is 8.24. The van der Waals surface area contributed by atoms with Crippen LogP contribution < -0.4 is 15.9 Å². The topological polar surface area (TPSA) is 0 Å². The molecule has 0 bridgehead atoms. The zero-order valence-corrected chi connectivity index (χ0v) is 24.4. The Hall–Kier alpha value is -2.73. The summed E-state index contributed by atoms with van der Waals surface area (Å²) in [6.07, 6.45) is 4.88. The van der Waals surface area contributed by atoms with E-state index in [9.17, 15) is 0 Å². The van der Waals surface area contributed by atoms with Gasteiger partial charge in [0.2, 0.25) is 0 Å². The van der Waals surface area contributed by atoms with E-state index in [1.54, 1.807) is 0 Å². The van der Waals surface area contributed by atoms with Crippen molar-refractivity contribution < 1.29 is 0 Å². The van der Waals surface area contributed by atoms with Crippen molar-refractivity contribution in [1.29, 1.82) is 0 Å². The molecular formula is C35H32BrP. The van der Waals surface area contributed by atoms with Crippen LogP contribution in [0.5, 0.6) is 0 Å². The summed E-state index contributed by atoms with van der Waals surface area (Å²) in [5, 5.41) is 4.27. The highest BCUT2D eigenvalue weighted by molar-refractivity contribution is 9.10. The summed E-state index contributed by atoms with van der Waals surface area (Å²) < 4.78 is 1.19. The molecule has 0 amide bonds. The van der Waals surface area contributed by atoms with E-state index in [0.717, 1.165) is 0 Å². The largest absolute Gasteiger partial charge is 0.0646 e. The van der Waals surface area contributed by atoms with Gasteiger partial charge in [-0.2, -0.15) is 0 Å². The Bertz CT molecular complexity index is 1490. The highest BCUT2D eigenvalue weighted by Crippen LogP contribution is 2.59. The molecule has 0 radical (unpaired) electrons. The van der Waals surface area contributed by atoms with Crippen molar-refractivity contribution >= 4 is 51.9 Å². The van der Waals surface area contributed by atoms with Crippen molar-refractivity contribution in [2.75, 3.05) is 0 Å². The summed E-state index contributed by atoms with van der Waals surface area (Å²) in [7, 11) is -0.651. The van der Waals surface area contributed by atoms with Gasteiger partial charge in [0.1, 0.15) is 0 Å².